The van der Waals surface area contributed by atoms with E-state index in [1.54, 1.807) is 6.07 Å². The van der Waals surface area contributed by atoms with E-state index in [9.17, 15) is 10.1 Å². The van der Waals surface area contributed by atoms with E-state index in [1.165, 1.54) is 33.9 Å². The predicted octanol–water partition coefficient (Wildman–Crippen LogP) is 4.88. The van der Waals surface area contributed by atoms with E-state index >= 15 is 0 Å². The Bertz CT molecular complexity index is 411. The van der Waals surface area contributed by atoms with Crippen molar-refractivity contribution < 1.29 is 4.92 Å². The molecule has 0 aliphatic carbocycles. The van der Waals surface area contributed by atoms with Crippen LogP contribution in [0.5, 0.6) is 0 Å². The van der Waals surface area contributed by atoms with Gasteiger partial charge in [0.15, 0.2) is 3.79 Å². The van der Waals surface area contributed by atoms with Gasteiger partial charge in [-0.3, -0.25) is 10.1 Å². The van der Waals surface area contributed by atoms with Gasteiger partial charge in [-0.15, -0.1) is 0 Å². The zero-order valence-electron chi connectivity index (χ0n) is 9.18. The van der Waals surface area contributed by atoms with Gasteiger partial charge in [0.25, 0.3) is 5.69 Å². The Morgan fingerprint density at radius 2 is 2.17 bits per heavy atom. The van der Waals surface area contributed by atoms with E-state index in [-0.39, 0.29) is 10.9 Å². The molecule has 0 saturated carbocycles. The highest BCUT2D eigenvalue weighted by Gasteiger charge is 2.23. The molecule has 0 radical (unpaired) electrons. The van der Waals surface area contributed by atoms with Gasteiger partial charge in [-0.25, -0.2) is 4.98 Å². The second-order valence-electron chi connectivity index (χ2n) is 3.42. The van der Waals surface area contributed by atoms with E-state index in [2.05, 4.69) is 4.98 Å². The van der Waals surface area contributed by atoms with Crippen molar-refractivity contribution in [1.82, 2.24) is 4.98 Å². The summed E-state index contributed by atoms with van der Waals surface area (Å²) < 4.78 is -1.27. The first-order valence-electron chi connectivity index (χ1n) is 4.78. The van der Waals surface area contributed by atoms with Crippen LogP contribution in [0.25, 0.3) is 0 Å². The smallest absolute Gasteiger partial charge is 0.258 e. The highest BCUT2D eigenvalue weighted by Crippen LogP contribution is 2.40. The number of nitrogens with zero attached hydrogens (tertiary/aromatic N) is 2. The standard InChI is InChI=1S/C9H9Cl3N2O2S2/c1-6(4-9(10,11)12)17-18-8-3-2-7(5-13-8)14(15)16/h2-3,5-6H,4H2,1H3/t6-/m1/s1. The van der Waals surface area contributed by atoms with Gasteiger partial charge in [0.2, 0.25) is 0 Å². The molecule has 0 bridgehead atoms. The molecule has 1 rings (SSSR count). The number of aromatic nitrogens is 1. The molecule has 0 N–H and O–H groups in total. The number of halogens is 3. The first kappa shape index (κ1) is 16.2. The molecule has 100 valence electrons. The molecule has 18 heavy (non-hydrogen) atoms. The molecular formula is C9H9Cl3N2O2S2. The Labute approximate surface area is 127 Å². The van der Waals surface area contributed by atoms with Crippen molar-refractivity contribution in [1.29, 1.82) is 0 Å². The minimum absolute atomic E-state index is 0.0290. The molecular weight excluding hydrogens is 339 g/mol. The maximum absolute atomic E-state index is 10.4. The van der Waals surface area contributed by atoms with E-state index in [4.69, 9.17) is 34.8 Å². The quantitative estimate of drug-likeness (QED) is 0.329. The molecule has 1 atom stereocenters. The summed E-state index contributed by atoms with van der Waals surface area (Å²) in [7, 11) is 2.90. The highest BCUT2D eigenvalue weighted by atomic mass is 35.6. The molecule has 0 saturated heterocycles. The van der Waals surface area contributed by atoms with Gasteiger partial charge in [-0.1, -0.05) is 52.5 Å². The van der Waals surface area contributed by atoms with Gasteiger partial charge < -0.3 is 0 Å². The van der Waals surface area contributed by atoms with Gasteiger partial charge >= 0.3 is 0 Å². The fourth-order valence-corrected chi connectivity index (χ4v) is 4.08. The third kappa shape index (κ3) is 6.33. The Morgan fingerprint density at radius 1 is 1.50 bits per heavy atom. The minimum atomic E-state index is -1.27. The lowest BCUT2D eigenvalue weighted by Gasteiger charge is -2.15. The van der Waals surface area contributed by atoms with E-state index < -0.39 is 8.72 Å². The Kier molecular flexibility index (Phi) is 6.34. The zero-order valence-corrected chi connectivity index (χ0v) is 13.1. The normalized spacial score (nSPS) is 13.3. The van der Waals surface area contributed by atoms with Crippen LogP contribution < -0.4 is 0 Å². The number of rotatable bonds is 5. The van der Waals surface area contributed by atoms with Crippen LogP contribution >= 0.6 is 56.4 Å². The summed E-state index contributed by atoms with van der Waals surface area (Å²) in [5.41, 5.74) is -0.0290. The first-order valence-corrected chi connectivity index (χ1v) is 8.13. The van der Waals surface area contributed by atoms with E-state index in [1.807, 2.05) is 6.92 Å². The van der Waals surface area contributed by atoms with Crippen LogP contribution in [0.15, 0.2) is 23.4 Å². The monoisotopic (exact) mass is 346 g/mol. The summed E-state index contributed by atoms with van der Waals surface area (Å²) in [6, 6.07) is 3.01. The molecule has 9 heteroatoms. The summed E-state index contributed by atoms with van der Waals surface area (Å²) in [5.74, 6) is 0. The summed E-state index contributed by atoms with van der Waals surface area (Å²) in [6.07, 6.45) is 1.64. The van der Waals surface area contributed by atoms with Crippen molar-refractivity contribution in [2.45, 2.75) is 27.4 Å². The molecule has 1 heterocycles. The van der Waals surface area contributed by atoms with Crippen LogP contribution in [-0.2, 0) is 0 Å². The number of hydrogen-bond donors (Lipinski definition) is 0. The average Bonchev–Trinajstić information content (AvgIpc) is 2.24. The van der Waals surface area contributed by atoms with E-state index in [0.29, 0.717) is 11.4 Å². The van der Waals surface area contributed by atoms with Gasteiger partial charge in [0.05, 0.1) is 4.92 Å². The molecule has 0 aliphatic heterocycles. The predicted molar refractivity (Wildman–Crippen MR) is 78.7 cm³/mol. The Hall–Kier alpha value is 0.120. The van der Waals surface area contributed by atoms with Crippen LogP contribution in [0.1, 0.15) is 13.3 Å². The summed E-state index contributed by atoms with van der Waals surface area (Å²) in [5, 5.41) is 11.3. The molecule has 0 aromatic carbocycles. The number of alkyl halides is 3. The minimum Gasteiger partial charge on any atom is -0.258 e. The van der Waals surface area contributed by atoms with Crippen molar-refractivity contribution >= 4 is 62.1 Å². The number of pyridine rings is 1. The van der Waals surface area contributed by atoms with Crippen molar-refractivity contribution in [3.8, 4) is 0 Å². The lowest BCUT2D eigenvalue weighted by molar-refractivity contribution is -0.385. The number of hydrogen-bond acceptors (Lipinski definition) is 5. The third-order valence-corrected chi connectivity index (χ3v) is 5.00. The Balaban J connectivity index is 2.46. The summed E-state index contributed by atoms with van der Waals surface area (Å²) >= 11 is 17.0. The largest absolute Gasteiger partial charge is 0.287 e. The topological polar surface area (TPSA) is 56.0 Å². The zero-order chi connectivity index (χ0) is 13.8. The van der Waals surface area contributed by atoms with Crippen molar-refractivity contribution in [2.75, 3.05) is 0 Å². The van der Waals surface area contributed by atoms with Crippen LogP contribution in [0.3, 0.4) is 0 Å². The summed E-state index contributed by atoms with van der Waals surface area (Å²) in [6.45, 7) is 1.94. The fraction of sp³-hybridized carbons (Fsp3) is 0.444. The van der Waals surface area contributed by atoms with Crippen molar-refractivity contribution in [2.24, 2.45) is 0 Å². The Morgan fingerprint density at radius 3 is 2.61 bits per heavy atom. The van der Waals surface area contributed by atoms with Crippen LogP contribution in [0, 0.1) is 10.1 Å². The van der Waals surface area contributed by atoms with Crippen LogP contribution in [0.2, 0.25) is 0 Å². The molecule has 0 amide bonds. The van der Waals surface area contributed by atoms with Crippen LogP contribution in [-0.4, -0.2) is 18.9 Å². The maximum Gasteiger partial charge on any atom is 0.287 e. The first-order chi connectivity index (χ1) is 8.28. The molecule has 1 aromatic heterocycles. The number of nitro groups is 1. The molecule has 0 spiro atoms. The van der Waals surface area contributed by atoms with E-state index in [0.717, 1.165) is 0 Å². The SMILES string of the molecule is C[C@H](CC(Cl)(Cl)Cl)SSc1ccc([N+](=O)[O-])cn1. The third-order valence-electron chi connectivity index (χ3n) is 1.75. The molecule has 0 unspecified atom stereocenters. The van der Waals surface area contributed by atoms with Gasteiger partial charge in [-0.05, 0) is 16.9 Å². The fourth-order valence-electron chi connectivity index (χ4n) is 1.02. The highest BCUT2D eigenvalue weighted by molar-refractivity contribution is 8.76. The van der Waals surface area contributed by atoms with Gasteiger partial charge in [-0.2, -0.15) is 0 Å². The second-order valence-corrected chi connectivity index (χ2v) is 8.60. The molecule has 0 aliphatic rings. The van der Waals surface area contributed by atoms with Crippen LogP contribution in [0.4, 0.5) is 5.69 Å². The second kappa shape index (κ2) is 7.05. The molecule has 4 nitrogen and oxygen atoms in total. The summed E-state index contributed by atoms with van der Waals surface area (Å²) in [4.78, 5) is 13.9. The average molecular weight is 348 g/mol. The maximum atomic E-state index is 10.4. The van der Waals surface area contributed by atoms with Crippen molar-refractivity contribution in [3.05, 3.63) is 28.4 Å². The van der Waals surface area contributed by atoms with Gasteiger partial charge in [0, 0.05) is 17.7 Å². The lowest BCUT2D eigenvalue weighted by Crippen LogP contribution is -2.09. The molecule has 1 aromatic rings. The van der Waals surface area contributed by atoms with Crippen molar-refractivity contribution in [3.63, 3.8) is 0 Å². The lowest BCUT2D eigenvalue weighted by atomic mass is 10.4. The molecule has 0 fully saturated rings. The van der Waals surface area contributed by atoms with Gasteiger partial charge in [0.1, 0.15) is 11.2 Å².